The summed E-state index contributed by atoms with van der Waals surface area (Å²) in [6, 6.07) is 13.2. The Morgan fingerprint density at radius 2 is 1.76 bits per heavy atom. The van der Waals surface area contributed by atoms with Gasteiger partial charge in [-0.15, -0.1) is 0 Å². The highest BCUT2D eigenvalue weighted by Crippen LogP contribution is 2.19. The molecule has 3 aromatic rings. The van der Waals surface area contributed by atoms with Gasteiger partial charge in [-0.2, -0.15) is 5.10 Å². The predicted octanol–water partition coefficient (Wildman–Crippen LogP) is 2.75. The second-order valence-corrected chi connectivity index (χ2v) is 7.16. The van der Waals surface area contributed by atoms with Gasteiger partial charge in [-0.25, -0.2) is 4.98 Å². The summed E-state index contributed by atoms with van der Waals surface area (Å²) in [6.07, 6.45) is 7.73. The Balaban J connectivity index is 1.35. The van der Waals surface area contributed by atoms with Crippen molar-refractivity contribution < 1.29 is 9.59 Å². The van der Waals surface area contributed by atoms with Gasteiger partial charge in [0.15, 0.2) is 0 Å². The number of benzene rings is 1. The van der Waals surface area contributed by atoms with Gasteiger partial charge in [-0.1, -0.05) is 30.3 Å². The second kappa shape index (κ2) is 8.68. The molecule has 3 heterocycles. The molecule has 148 valence electrons. The highest BCUT2D eigenvalue weighted by atomic mass is 16.2. The van der Waals surface area contributed by atoms with E-state index in [1.165, 1.54) is 0 Å². The molecule has 1 saturated heterocycles. The molecule has 1 aliphatic rings. The molecule has 0 bridgehead atoms. The Labute approximate surface area is 169 Å². The topological polar surface area (TPSA) is 80.1 Å². The molecule has 7 nitrogen and oxygen atoms in total. The molecule has 0 unspecified atom stereocenters. The fourth-order valence-electron chi connectivity index (χ4n) is 3.41. The average molecular weight is 389 g/mol. The summed E-state index contributed by atoms with van der Waals surface area (Å²) in [4.78, 5) is 30.6. The van der Waals surface area contributed by atoms with Crippen molar-refractivity contribution in [2.24, 2.45) is 0 Å². The van der Waals surface area contributed by atoms with Gasteiger partial charge in [0, 0.05) is 36.6 Å². The SMILES string of the molecule is O=C(Cc1ccccc1)Nc1ccc(-c2cnn(CC(=O)N3CCCC3)c2)cn1. The summed E-state index contributed by atoms with van der Waals surface area (Å²) in [5.41, 5.74) is 2.72. The highest BCUT2D eigenvalue weighted by Gasteiger charge is 2.18. The number of carbonyl (C=O) groups is 2. The summed E-state index contributed by atoms with van der Waals surface area (Å²) in [7, 11) is 0. The van der Waals surface area contributed by atoms with E-state index in [0.29, 0.717) is 12.2 Å². The Kier molecular flexibility index (Phi) is 5.65. The van der Waals surface area contributed by atoms with Crippen molar-refractivity contribution in [3.63, 3.8) is 0 Å². The quantitative estimate of drug-likeness (QED) is 0.703. The summed E-state index contributed by atoms with van der Waals surface area (Å²) in [5, 5.41) is 7.10. The first-order valence-electron chi connectivity index (χ1n) is 9.78. The minimum atomic E-state index is -0.107. The molecule has 1 aromatic carbocycles. The summed E-state index contributed by atoms with van der Waals surface area (Å²) >= 11 is 0. The highest BCUT2D eigenvalue weighted by molar-refractivity contribution is 5.91. The van der Waals surface area contributed by atoms with E-state index in [9.17, 15) is 9.59 Å². The van der Waals surface area contributed by atoms with Crippen molar-refractivity contribution in [3.8, 4) is 11.1 Å². The first kappa shape index (κ1) is 18.9. The predicted molar refractivity (Wildman–Crippen MR) is 110 cm³/mol. The lowest BCUT2D eigenvalue weighted by Crippen LogP contribution is -2.31. The van der Waals surface area contributed by atoms with E-state index in [-0.39, 0.29) is 18.4 Å². The fourth-order valence-corrected chi connectivity index (χ4v) is 3.41. The van der Waals surface area contributed by atoms with Crippen molar-refractivity contribution in [1.82, 2.24) is 19.7 Å². The van der Waals surface area contributed by atoms with Crippen LogP contribution in [0.2, 0.25) is 0 Å². The molecule has 1 N–H and O–H groups in total. The van der Waals surface area contributed by atoms with Gasteiger partial charge >= 0.3 is 0 Å². The van der Waals surface area contributed by atoms with Crippen LogP contribution >= 0.6 is 0 Å². The summed E-state index contributed by atoms with van der Waals surface area (Å²) < 4.78 is 1.66. The molecule has 7 heteroatoms. The van der Waals surface area contributed by atoms with Crippen molar-refractivity contribution in [1.29, 1.82) is 0 Å². The molecule has 0 saturated carbocycles. The van der Waals surface area contributed by atoms with E-state index in [1.54, 1.807) is 23.1 Å². The third kappa shape index (κ3) is 4.87. The molecule has 4 rings (SSSR count). The number of aromatic nitrogens is 3. The molecule has 0 spiro atoms. The maximum Gasteiger partial charge on any atom is 0.244 e. The van der Waals surface area contributed by atoms with Gasteiger partial charge in [0.1, 0.15) is 12.4 Å². The molecule has 0 atom stereocenters. The van der Waals surface area contributed by atoms with Crippen molar-refractivity contribution in [2.75, 3.05) is 18.4 Å². The monoisotopic (exact) mass is 389 g/mol. The van der Waals surface area contributed by atoms with E-state index in [2.05, 4.69) is 15.4 Å². The molecular formula is C22H23N5O2. The molecule has 2 amide bonds. The van der Waals surface area contributed by atoms with Crippen LogP contribution in [0, 0.1) is 0 Å². The third-order valence-electron chi connectivity index (χ3n) is 4.96. The molecule has 0 aliphatic carbocycles. The van der Waals surface area contributed by atoms with Crippen LogP contribution in [0.3, 0.4) is 0 Å². The number of rotatable bonds is 6. The van der Waals surface area contributed by atoms with E-state index >= 15 is 0 Å². The van der Waals surface area contributed by atoms with E-state index < -0.39 is 0 Å². The van der Waals surface area contributed by atoms with Gasteiger partial charge < -0.3 is 10.2 Å². The van der Waals surface area contributed by atoms with Crippen LogP contribution in [0.5, 0.6) is 0 Å². The maximum atomic E-state index is 12.3. The number of likely N-dealkylation sites (tertiary alicyclic amines) is 1. The average Bonchev–Trinajstić information content (AvgIpc) is 3.41. The van der Waals surface area contributed by atoms with Crippen LogP contribution in [-0.4, -0.2) is 44.6 Å². The lowest BCUT2D eigenvalue weighted by atomic mass is 10.1. The van der Waals surface area contributed by atoms with Crippen LogP contribution in [0.25, 0.3) is 11.1 Å². The molecule has 0 radical (unpaired) electrons. The second-order valence-electron chi connectivity index (χ2n) is 7.16. The first-order valence-corrected chi connectivity index (χ1v) is 9.78. The van der Waals surface area contributed by atoms with Crippen LogP contribution in [0.1, 0.15) is 18.4 Å². The zero-order chi connectivity index (χ0) is 20.1. The summed E-state index contributed by atoms with van der Waals surface area (Å²) in [6.45, 7) is 1.93. The number of carbonyl (C=O) groups excluding carboxylic acids is 2. The van der Waals surface area contributed by atoms with Crippen molar-refractivity contribution in [3.05, 3.63) is 66.6 Å². The molecule has 1 aliphatic heterocycles. The first-order chi connectivity index (χ1) is 14.2. The molecule has 29 heavy (non-hydrogen) atoms. The number of hydrogen-bond donors (Lipinski definition) is 1. The zero-order valence-electron chi connectivity index (χ0n) is 16.1. The molecule has 2 aromatic heterocycles. The van der Waals surface area contributed by atoms with Gasteiger partial charge in [0.05, 0.1) is 12.6 Å². The Hall–Kier alpha value is -3.48. The number of nitrogens with one attached hydrogen (secondary N) is 1. The van der Waals surface area contributed by atoms with Gasteiger partial charge in [0.25, 0.3) is 0 Å². The number of pyridine rings is 1. The minimum absolute atomic E-state index is 0.103. The minimum Gasteiger partial charge on any atom is -0.341 e. The van der Waals surface area contributed by atoms with Gasteiger partial charge in [-0.05, 0) is 30.5 Å². The normalized spacial score (nSPS) is 13.4. The lowest BCUT2D eigenvalue weighted by Gasteiger charge is -2.14. The zero-order valence-corrected chi connectivity index (χ0v) is 16.1. The lowest BCUT2D eigenvalue weighted by molar-refractivity contribution is -0.131. The smallest absolute Gasteiger partial charge is 0.244 e. The Morgan fingerprint density at radius 1 is 0.966 bits per heavy atom. The molecular weight excluding hydrogens is 366 g/mol. The number of amides is 2. The summed E-state index contributed by atoms with van der Waals surface area (Å²) in [5.74, 6) is 0.503. The van der Waals surface area contributed by atoms with E-state index in [4.69, 9.17) is 0 Å². The van der Waals surface area contributed by atoms with Crippen molar-refractivity contribution >= 4 is 17.6 Å². The Bertz CT molecular complexity index is 976. The largest absolute Gasteiger partial charge is 0.341 e. The Morgan fingerprint density at radius 3 is 2.48 bits per heavy atom. The number of hydrogen-bond acceptors (Lipinski definition) is 4. The van der Waals surface area contributed by atoms with Crippen molar-refractivity contribution in [2.45, 2.75) is 25.8 Å². The number of nitrogens with zero attached hydrogens (tertiary/aromatic N) is 4. The van der Waals surface area contributed by atoms with E-state index in [1.807, 2.05) is 47.5 Å². The molecule has 1 fully saturated rings. The maximum absolute atomic E-state index is 12.3. The van der Waals surface area contributed by atoms with Crippen LogP contribution in [-0.2, 0) is 22.6 Å². The van der Waals surface area contributed by atoms with Gasteiger partial charge in [-0.3, -0.25) is 14.3 Å². The van der Waals surface area contributed by atoms with Gasteiger partial charge in [0.2, 0.25) is 11.8 Å². The van der Waals surface area contributed by atoms with Crippen LogP contribution in [0.15, 0.2) is 61.1 Å². The van der Waals surface area contributed by atoms with E-state index in [0.717, 1.165) is 42.6 Å². The fraction of sp³-hybridized carbons (Fsp3) is 0.273. The number of anilines is 1. The standard InChI is InChI=1S/C22H23N5O2/c28-21(12-17-6-2-1-3-7-17)25-20-9-8-18(13-23-20)19-14-24-27(15-19)16-22(29)26-10-4-5-11-26/h1-3,6-9,13-15H,4-5,10-12,16H2,(H,23,25,28). The van der Waals surface area contributed by atoms with Crippen LogP contribution in [0.4, 0.5) is 5.82 Å². The van der Waals surface area contributed by atoms with Crippen LogP contribution < -0.4 is 5.32 Å². The third-order valence-corrected chi connectivity index (χ3v) is 4.96.